The van der Waals surface area contributed by atoms with E-state index in [1.165, 1.54) is 0 Å². The van der Waals surface area contributed by atoms with Gasteiger partial charge in [0.25, 0.3) is 0 Å². The highest BCUT2D eigenvalue weighted by molar-refractivity contribution is 5.89. The van der Waals surface area contributed by atoms with Gasteiger partial charge in [-0.3, -0.25) is 4.79 Å². The van der Waals surface area contributed by atoms with E-state index in [2.05, 4.69) is 0 Å². The molecule has 0 amide bonds. The molecule has 0 aliphatic heterocycles. The van der Waals surface area contributed by atoms with E-state index in [0.29, 0.717) is 25.1 Å². The Morgan fingerprint density at radius 1 is 1.00 bits per heavy atom. The topological polar surface area (TPSA) is 164 Å². The van der Waals surface area contributed by atoms with Gasteiger partial charge < -0.3 is 26.8 Å². The third-order valence-corrected chi connectivity index (χ3v) is 1.65. The van der Waals surface area contributed by atoms with E-state index < -0.39 is 23.9 Å². The molecule has 8 heteroatoms. The maximum absolute atomic E-state index is 10.1. The van der Waals surface area contributed by atoms with Gasteiger partial charge in [0.2, 0.25) is 0 Å². The van der Waals surface area contributed by atoms with Crippen molar-refractivity contribution in [2.24, 2.45) is 11.5 Å². The normalized spacial score (nSPS) is 11.4. The summed E-state index contributed by atoms with van der Waals surface area (Å²) in [6.45, 7) is 0.604. The summed E-state index contributed by atoms with van der Waals surface area (Å²) in [5.74, 6) is -3.45. The van der Waals surface area contributed by atoms with Gasteiger partial charge >= 0.3 is 17.9 Å². The fourth-order valence-electron chi connectivity index (χ4n) is 0.775. The van der Waals surface area contributed by atoms with Crippen molar-refractivity contribution in [3.05, 3.63) is 12.2 Å². The summed E-state index contributed by atoms with van der Waals surface area (Å²) in [6.07, 6.45) is 3.28. The van der Waals surface area contributed by atoms with E-state index in [-0.39, 0.29) is 0 Å². The molecule has 0 rings (SSSR count). The quantitative estimate of drug-likeness (QED) is 0.295. The maximum Gasteiger partial charge on any atom is 0.328 e. The molecular weight excluding hydrogens is 244 g/mol. The van der Waals surface area contributed by atoms with Crippen molar-refractivity contribution in [3.63, 3.8) is 0 Å². The molecule has 0 aromatic carbocycles. The zero-order valence-electron chi connectivity index (χ0n) is 9.78. The van der Waals surface area contributed by atoms with Crippen molar-refractivity contribution >= 4 is 17.9 Å². The fraction of sp³-hybridized carbons (Fsp3) is 0.500. The second-order valence-electron chi connectivity index (χ2n) is 3.24. The van der Waals surface area contributed by atoms with Crippen LogP contribution in [-0.4, -0.2) is 45.8 Å². The summed E-state index contributed by atoms with van der Waals surface area (Å²) >= 11 is 0. The third-order valence-electron chi connectivity index (χ3n) is 1.65. The van der Waals surface area contributed by atoms with Gasteiger partial charge in [-0.2, -0.15) is 0 Å². The van der Waals surface area contributed by atoms with Gasteiger partial charge in [-0.15, -0.1) is 0 Å². The Labute approximate surface area is 104 Å². The van der Waals surface area contributed by atoms with Crippen LogP contribution in [-0.2, 0) is 14.4 Å². The van der Waals surface area contributed by atoms with Crippen LogP contribution in [0, 0.1) is 0 Å². The van der Waals surface area contributed by atoms with Gasteiger partial charge in [0.15, 0.2) is 0 Å². The van der Waals surface area contributed by atoms with Gasteiger partial charge in [0, 0.05) is 12.2 Å². The second-order valence-corrected chi connectivity index (χ2v) is 3.24. The first-order valence-corrected chi connectivity index (χ1v) is 5.13. The highest BCUT2D eigenvalue weighted by atomic mass is 16.4. The summed E-state index contributed by atoms with van der Waals surface area (Å²) in [5.41, 5.74) is 10.4. The molecule has 8 nitrogen and oxygen atoms in total. The molecule has 0 spiro atoms. The van der Waals surface area contributed by atoms with Crippen LogP contribution in [0.1, 0.15) is 19.3 Å². The molecule has 0 saturated heterocycles. The first kappa shape index (κ1) is 18.4. The lowest BCUT2D eigenvalue weighted by Gasteiger charge is -2.03. The molecule has 1 atom stereocenters. The van der Waals surface area contributed by atoms with Crippen molar-refractivity contribution in [1.82, 2.24) is 0 Å². The first-order chi connectivity index (χ1) is 8.31. The average molecular weight is 262 g/mol. The van der Waals surface area contributed by atoms with Crippen LogP contribution in [0.3, 0.4) is 0 Å². The minimum absolute atomic E-state index is 0.520. The van der Waals surface area contributed by atoms with E-state index in [1.54, 1.807) is 0 Å². The molecule has 7 N–H and O–H groups in total. The highest BCUT2D eigenvalue weighted by Gasteiger charge is 2.09. The van der Waals surface area contributed by atoms with E-state index in [9.17, 15) is 14.4 Å². The average Bonchev–Trinajstić information content (AvgIpc) is 2.27. The van der Waals surface area contributed by atoms with E-state index in [1.807, 2.05) is 0 Å². The molecule has 104 valence electrons. The Bertz CT molecular complexity index is 287. The lowest BCUT2D eigenvalue weighted by atomic mass is 10.1. The van der Waals surface area contributed by atoms with Crippen LogP contribution in [0.2, 0.25) is 0 Å². The number of unbranched alkanes of at least 4 members (excludes halogenated alkanes) is 1. The number of nitrogens with two attached hydrogens (primary N) is 2. The molecule has 0 saturated carbocycles. The summed E-state index contributed by atoms with van der Waals surface area (Å²) in [7, 11) is 0. The number of aliphatic carboxylic acids is 3. The Balaban J connectivity index is 0. The van der Waals surface area contributed by atoms with Crippen LogP contribution in [0.15, 0.2) is 12.2 Å². The van der Waals surface area contributed by atoms with Gasteiger partial charge in [0.05, 0.1) is 0 Å². The molecule has 1 unspecified atom stereocenters. The number of rotatable bonds is 7. The van der Waals surface area contributed by atoms with Crippen molar-refractivity contribution in [1.29, 1.82) is 0 Å². The SMILES string of the molecule is NCCCCC(N)C(=O)O.O=C(O)C=CC(=O)O. The zero-order chi connectivity index (χ0) is 14.6. The number of carboxylic acids is 3. The largest absolute Gasteiger partial charge is 0.480 e. The van der Waals surface area contributed by atoms with Gasteiger partial charge in [0.1, 0.15) is 6.04 Å². The Morgan fingerprint density at radius 3 is 1.72 bits per heavy atom. The zero-order valence-corrected chi connectivity index (χ0v) is 9.78. The fourth-order valence-corrected chi connectivity index (χ4v) is 0.775. The Kier molecular flexibility index (Phi) is 11.8. The number of carbonyl (C=O) groups is 3. The first-order valence-electron chi connectivity index (χ1n) is 5.13. The molecular formula is C10H18N2O6. The van der Waals surface area contributed by atoms with Gasteiger partial charge in [-0.1, -0.05) is 6.42 Å². The van der Waals surface area contributed by atoms with E-state index in [4.69, 9.17) is 26.8 Å². The summed E-state index contributed by atoms with van der Waals surface area (Å²) in [5, 5.41) is 23.9. The van der Waals surface area contributed by atoms with Crippen molar-refractivity contribution < 1.29 is 29.7 Å². The standard InChI is InChI=1S/C6H14N2O2.C4H4O4/c7-4-2-1-3-5(8)6(9)10;5-3(6)1-2-4(7)8/h5H,1-4,7-8H2,(H,9,10);1-2H,(H,5,6)(H,7,8). The summed E-state index contributed by atoms with van der Waals surface area (Å²) in [6, 6.07) is -0.716. The highest BCUT2D eigenvalue weighted by Crippen LogP contribution is 1.96. The van der Waals surface area contributed by atoms with E-state index in [0.717, 1.165) is 12.8 Å². The lowest BCUT2D eigenvalue weighted by Crippen LogP contribution is -2.29. The minimum Gasteiger partial charge on any atom is -0.480 e. The van der Waals surface area contributed by atoms with Crippen LogP contribution in [0.25, 0.3) is 0 Å². The monoisotopic (exact) mass is 262 g/mol. The minimum atomic E-state index is -1.26. The van der Waals surface area contributed by atoms with Crippen LogP contribution in [0.4, 0.5) is 0 Å². The molecule has 0 aromatic heterocycles. The lowest BCUT2D eigenvalue weighted by molar-refractivity contribution is -0.138. The smallest absolute Gasteiger partial charge is 0.328 e. The van der Waals surface area contributed by atoms with Crippen molar-refractivity contribution in [2.75, 3.05) is 6.54 Å². The second kappa shape index (κ2) is 11.6. The maximum atomic E-state index is 10.1. The third kappa shape index (κ3) is 16.5. The predicted octanol–water partition coefficient (Wildman–Crippen LogP) is -0.761. The van der Waals surface area contributed by atoms with Crippen molar-refractivity contribution in [3.8, 4) is 0 Å². The molecule has 0 aliphatic carbocycles. The number of hydrogen-bond donors (Lipinski definition) is 5. The van der Waals surface area contributed by atoms with Gasteiger partial charge in [-0.25, -0.2) is 9.59 Å². The Morgan fingerprint density at radius 2 is 1.44 bits per heavy atom. The molecule has 0 radical (unpaired) electrons. The van der Waals surface area contributed by atoms with E-state index >= 15 is 0 Å². The molecule has 0 aliphatic rings. The van der Waals surface area contributed by atoms with Crippen LogP contribution < -0.4 is 11.5 Å². The number of hydrogen-bond acceptors (Lipinski definition) is 5. The molecule has 18 heavy (non-hydrogen) atoms. The summed E-state index contributed by atoms with van der Waals surface area (Å²) in [4.78, 5) is 29.2. The molecule has 0 fully saturated rings. The molecule has 0 bridgehead atoms. The predicted molar refractivity (Wildman–Crippen MR) is 62.9 cm³/mol. The molecule has 0 aromatic rings. The molecule has 0 heterocycles. The number of carboxylic acid groups (broad SMARTS) is 3. The van der Waals surface area contributed by atoms with Crippen molar-refractivity contribution in [2.45, 2.75) is 25.3 Å². The van der Waals surface area contributed by atoms with Gasteiger partial charge in [-0.05, 0) is 19.4 Å². The summed E-state index contributed by atoms with van der Waals surface area (Å²) < 4.78 is 0. The van der Waals surface area contributed by atoms with Crippen LogP contribution >= 0.6 is 0 Å². The Hall–Kier alpha value is -1.93. The van der Waals surface area contributed by atoms with Crippen LogP contribution in [0.5, 0.6) is 0 Å².